The van der Waals surface area contributed by atoms with Crippen molar-refractivity contribution in [2.45, 2.75) is 24.5 Å². The van der Waals surface area contributed by atoms with Crippen LogP contribution in [0.15, 0.2) is 42.5 Å². The largest absolute Gasteiger partial charge is 0.497 e. The molecule has 6 nitrogen and oxygen atoms in total. The Morgan fingerprint density at radius 2 is 1.89 bits per heavy atom. The first-order valence-corrected chi connectivity index (χ1v) is 9.24. The molecule has 4 rings (SSSR count). The molecule has 27 heavy (non-hydrogen) atoms. The number of likely N-dealkylation sites (tertiary alicyclic amines) is 1. The molecule has 1 saturated heterocycles. The summed E-state index contributed by atoms with van der Waals surface area (Å²) in [6.45, 7) is 2.19. The highest BCUT2D eigenvalue weighted by atomic mass is 16.7. The molecule has 0 amide bonds. The zero-order valence-corrected chi connectivity index (χ0v) is 15.4. The van der Waals surface area contributed by atoms with Gasteiger partial charge in [-0.3, -0.25) is 0 Å². The van der Waals surface area contributed by atoms with Crippen molar-refractivity contribution in [1.82, 2.24) is 4.90 Å². The average Bonchev–Trinajstić information content (AvgIpc) is 3.18. The molecular formula is C21H25NO5. The third kappa shape index (κ3) is 3.74. The fourth-order valence-corrected chi connectivity index (χ4v) is 3.78. The van der Waals surface area contributed by atoms with Crippen LogP contribution in [0.1, 0.15) is 30.1 Å². The monoisotopic (exact) mass is 371 g/mol. The third-order valence-electron chi connectivity index (χ3n) is 5.50. The molecule has 6 heteroatoms. The van der Waals surface area contributed by atoms with Gasteiger partial charge in [0.1, 0.15) is 5.75 Å². The molecule has 144 valence electrons. The van der Waals surface area contributed by atoms with Crippen molar-refractivity contribution < 1.29 is 24.4 Å². The number of piperidine rings is 1. The first kappa shape index (κ1) is 18.1. The minimum atomic E-state index is -0.877. The number of β-amino-alcohol motifs (C(OH)–C–C–N with tert-alkyl or cyclic N) is 1. The van der Waals surface area contributed by atoms with Crippen LogP contribution in [0.5, 0.6) is 17.2 Å². The summed E-state index contributed by atoms with van der Waals surface area (Å²) >= 11 is 0. The number of nitrogens with zero attached hydrogens (tertiary/aromatic N) is 1. The van der Waals surface area contributed by atoms with E-state index in [2.05, 4.69) is 4.90 Å². The van der Waals surface area contributed by atoms with Crippen molar-refractivity contribution in [2.75, 3.05) is 33.5 Å². The zero-order valence-electron chi connectivity index (χ0n) is 15.4. The fraction of sp³-hybridized carbons (Fsp3) is 0.429. The number of benzene rings is 2. The van der Waals surface area contributed by atoms with E-state index in [1.807, 2.05) is 42.5 Å². The number of hydrogen-bond donors (Lipinski definition) is 2. The molecular weight excluding hydrogens is 346 g/mol. The molecule has 1 atom stereocenters. The van der Waals surface area contributed by atoms with Crippen LogP contribution in [-0.2, 0) is 5.60 Å². The first-order valence-electron chi connectivity index (χ1n) is 9.24. The Kier molecular flexibility index (Phi) is 4.95. The van der Waals surface area contributed by atoms with E-state index in [1.165, 1.54) is 0 Å². The molecule has 0 aliphatic carbocycles. The van der Waals surface area contributed by atoms with Gasteiger partial charge in [-0.2, -0.15) is 0 Å². The van der Waals surface area contributed by atoms with Crippen LogP contribution in [0.3, 0.4) is 0 Å². The minimum absolute atomic E-state index is 0.229. The molecule has 2 aliphatic heterocycles. The summed E-state index contributed by atoms with van der Waals surface area (Å²) in [7, 11) is 1.62. The van der Waals surface area contributed by atoms with Crippen molar-refractivity contribution in [1.29, 1.82) is 0 Å². The van der Waals surface area contributed by atoms with Gasteiger partial charge >= 0.3 is 0 Å². The molecule has 2 N–H and O–H groups in total. The van der Waals surface area contributed by atoms with Crippen LogP contribution in [0, 0.1) is 0 Å². The number of fused-ring (bicyclic) bond motifs is 1. The Morgan fingerprint density at radius 3 is 2.67 bits per heavy atom. The van der Waals surface area contributed by atoms with Crippen LogP contribution in [0.25, 0.3) is 0 Å². The number of aliphatic hydroxyl groups is 2. The van der Waals surface area contributed by atoms with Gasteiger partial charge in [-0.25, -0.2) is 0 Å². The Bertz CT molecular complexity index is 801. The highest BCUT2D eigenvalue weighted by Gasteiger charge is 2.35. The SMILES string of the molecule is COc1cccc([C@@H](O)CN2CCC(O)(c3ccc4c(c3)OCO4)CC2)c1. The topological polar surface area (TPSA) is 71.4 Å². The smallest absolute Gasteiger partial charge is 0.231 e. The Labute approximate surface area is 158 Å². The van der Waals surface area contributed by atoms with E-state index in [1.54, 1.807) is 7.11 Å². The number of aliphatic hydroxyl groups excluding tert-OH is 1. The lowest BCUT2D eigenvalue weighted by Gasteiger charge is -2.39. The van der Waals surface area contributed by atoms with Crippen molar-refractivity contribution in [2.24, 2.45) is 0 Å². The van der Waals surface area contributed by atoms with Gasteiger partial charge in [0, 0.05) is 19.6 Å². The molecule has 0 saturated carbocycles. The highest BCUT2D eigenvalue weighted by molar-refractivity contribution is 5.46. The summed E-state index contributed by atoms with van der Waals surface area (Å²) in [5.74, 6) is 2.15. The zero-order chi connectivity index (χ0) is 18.9. The summed E-state index contributed by atoms with van der Waals surface area (Å²) in [6, 6.07) is 13.2. The molecule has 0 bridgehead atoms. The average molecular weight is 371 g/mol. The van der Waals surface area contributed by atoms with Gasteiger partial charge in [0.15, 0.2) is 11.5 Å². The molecule has 2 aliphatic rings. The van der Waals surface area contributed by atoms with Crippen LogP contribution in [0.4, 0.5) is 0 Å². The van der Waals surface area contributed by atoms with E-state index in [0.29, 0.717) is 38.2 Å². The molecule has 0 unspecified atom stereocenters. The van der Waals surface area contributed by atoms with E-state index in [-0.39, 0.29) is 6.79 Å². The van der Waals surface area contributed by atoms with Crippen LogP contribution >= 0.6 is 0 Å². The van der Waals surface area contributed by atoms with Crippen LogP contribution in [0.2, 0.25) is 0 Å². The maximum absolute atomic E-state index is 11.1. The second-order valence-electron chi connectivity index (χ2n) is 7.19. The van der Waals surface area contributed by atoms with Gasteiger partial charge in [-0.1, -0.05) is 18.2 Å². The number of hydrogen-bond acceptors (Lipinski definition) is 6. The van der Waals surface area contributed by atoms with Gasteiger partial charge in [0.2, 0.25) is 6.79 Å². The van der Waals surface area contributed by atoms with Crippen LogP contribution in [-0.4, -0.2) is 48.6 Å². The number of methoxy groups -OCH3 is 1. The predicted molar refractivity (Wildman–Crippen MR) is 100 cm³/mol. The van der Waals surface area contributed by atoms with Crippen molar-refractivity contribution in [3.63, 3.8) is 0 Å². The second-order valence-corrected chi connectivity index (χ2v) is 7.19. The summed E-state index contributed by atoms with van der Waals surface area (Å²) < 4.78 is 16.0. The lowest BCUT2D eigenvalue weighted by Crippen LogP contribution is -2.43. The van der Waals surface area contributed by atoms with Gasteiger partial charge in [0.05, 0.1) is 18.8 Å². The van der Waals surface area contributed by atoms with Crippen LogP contribution < -0.4 is 14.2 Å². The minimum Gasteiger partial charge on any atom is -0.497 e. The maximum Gasteiger partial charge on any atom is 0.231 e. The van der Waals surface area contributed by atoms with E-state index < -0.39 is 11.7 Å². The summed E-state index contributed by atoms with van der Waals surface area (Å²) in [5, 5.41) is 21.7. The summed E-state index contributed by atoms with van der Waals surface area (Å²) in [6.07, 6.45) is 0.631. The number of rotatable bonds is 5. The Balaban J connectivity index is 1.38. The lowest BCUT2D eigenvalue weighted by atomic mass is 9.84. The van der Waals surface area contributed by atoms with Gasteiger partial charge in [-0.15, -0.1) is 0 Å². The van der Waals surface area contributed by atoms with Gasteiger partial charge in [0.25, 0.3) is 0 Å². The van der Waals surface area contributed by atoms with Gasteiger partial charge < -0.3 is 29.3 Å². The quantitative estimate of drug-likeness (QED) is 0.841. The maximum atomic E-state index is 11.1. The molecule has 2 heterocycles. The third-order valence-corrected chi connectivity index (χ3v) is 5.50. The molecule has 2 aromatic carbocycles. The first-order chi connectivity index (χ1) is 13.1. The summed E-state index contributed by atoms with van der Waals surface area (Å²) in [4.78, 5) is 2.19. The standard InChI is InChI=1S/C21H25NO5/c1-25-17-4-2-3-15(11-17)18(23)13-22-9-7-21(24,8-10-22)16-5-6-19-20(12-16)27-14-26-19/h2-6,11-12,18,23-24H,7-10,13-14H2,1H3/t18-/m0/s1. The highest BCUT2D eigenvalue weighted by Crippen LogP contribution is 2.39. The van der Waals surface area contributed by atoms with Crippen molar-refractivity contribution >= 4 is 0 Å². The molecule has 2 aromatic rings. The van der Waals surface area contributed by atoms with E-state index >= 15 is 0 Å². The lowest BCUT2D eigenvalue weighted by molar-refractivity contribution is -0.0345. The molecule has 0 spiro atoms. The summed E-state index contributed by atoms with van der Waals surface area (Å²) in [5.41, 5.74) is 0.823. The fourth-order valence-electron chi connectivity index (χ4n) is 3.78. The Hall–Kier alpha value is -2.28. The second kappa shape index (κ2) is 7.38. The molecule has 1 fully saturated rings. The normalized spacial score (nSPS) is 19.7. The predicted octanol–water partition coefficient (Wildman–Crippen LogP) is 2.44. The molecule has 0 aromatic heterocycles. The van der Waals surface area contributed by atoms with Crippen molar-refractivity contribution in [3.8, 4) is 17.2 Å². The van der Waals surface area contributed by atoms with E-state index in [0.717, 1.165) is 22.6 Å². The van der Waals surface area contributed by atoms with Crippen molar-refractivity contribution in [3.05, 3.63) is 53.6 Å². The molecule has 0 radical (unpaired) electrons. The van der Waals surface area contributed by atoms with E-state index in [4.69, 9.17) is 14.2 Å². The van der Waals surface area contributed by atoms with E-state index in [9.17, 15) is 10.2 Å². The van der Waals surface area contributed by atoms with Gasteiger partial charge in [-0.05, 0) is 48.2 Å². The Morgan fingerprint density at radius 1 is 1.11 bits per heavy atom. The number of ether oxygens (including phenoxy) is 3.